The van der Waals surface area contributed by atoms with Gasteiger partial charge in [-0.2, -0.15) is 0 Å². The molecule has 0 aliphatic rings. The highest BCUT2D eigenvalue weighted by Gasteiger charge is 2.02. The first-order chi connectivity index (χ1) is 7.63. The quantitative estimate of drug-likeness (QED) is 0.534. The van der Waals surface area contributed by atoms with Gasteiger partial charge in [0.25, 0.3) is 0 Å². The third-order valence-electron chi connectivity index (χ3n) is 1.83. The van der Waals surface area contributed by atoms with Gasteiger partial charge in [-0.1, -0.05) is 0 Å². The molecular weight excluding hydrogens is 222 g/mol. The molecule has 0 aliphatic carbocycles. The predicted octanol–water partition coefficient (Wildman–Crippen LogP) is 1.37. The summed E-state index contributed by atoms with van der Waals surface area (Å²) in [6.45, 7) is 0. The van der Waals surface area contributed by atoms with Crippen LogP contribution in [-0.4, -0.2) is 9.97 Å². The summed E-state index contributed by atoms with van der Waals surface area (Å²) in [5.74, 6) is 0.732. The van der Waals surface area contributed by atoms with Gasteiger partial charge in [0.15, 0.2) is 5.16 Å². The maximum absolute atomic E-state index is 5.59. The Bertz CT molecular complexity index is 477. The molecule has 2 aromatic rings. The van der Waals surface area contributed by atoms with Gasteiger partial charge in [-0.3, -0.25) is 0 Å². The van der Waals surface area contributed by atoms with Crippen molar-refractivity contribution in [1.82, 2.24) is 9.97 Å². The summed E-state index contributed by atoms with van der Waals surface area (Å²) in [5, 5.41) is 0.530. The van der Waals surface area contributed by atoms with E-state index in [4.69, 9.17) is 17.2 Å². The lowest BCUT2D eigenvalue weighted by molar-refractivity contribution is 0.984. The Balaban J connectivity index is 2.23. The molecule has 0 saturated carbocycles. The first-order valence-corrected chi connectivity index (χ1v) is 5.38. The van der Waals surface area contributed by atoms with Crippen molar-refractivity contribution in [3.05, 3.63) is 30.3 Å². The van der Waals surface area contributed by atoms with Crippen LogP contribution in [0.1, 0.15) is 0 Å². The monoisotopic (exact) mass is 233 g/mol. The van der Waals surface area contributed by atoms with E-state index in [0.29, 0.717) is 16.8 Å². The number of aromatic nitrogens is 2. The SMILES string of the molecule is Nc1ccc(Sc2nc(N)cc(N)n2)cc1. The zero-order valence-electron chi connectivity index (χ0n) is 8.42. The van der Waals surface area contributed by atoms with E-state index in [2.05, 4.69) is 9.97 Å². The van der Waals surface area contributed by atoms with Gasteiger partial charge in [-0.05, 0) is 36.0 Å². The van der Waals surface area contributed by atoms with Gasteiger partial charge in [0.05, 0.1) is 0 Å². The van der Waals surface area contributed by atoms with Crippen LogP contribution >= 0.6 is 11.8 Å². The van der Waals surface area contributed by atoms with E-state index in [1.165, 1.54) is 17.8 Å². The highest BCUT2D eigenvalue weighted by molar-refractivity contribution is 7.99. The molecule has 0 amide bonds. The van der Waals surface area contributed by atoms with Gasteiger partial charge in [0.1, 0.15) is 11.6 Å². The van der Waals surface area contributed by atoms with Gasteiger partial charge in [0.2, 0.25) is 0 Å². The molecule has 0 bridgehead atoms. The van der Waals surface area contributed by atoms with Crippen LogP contribution in [0.25, 0.3) is 0 Å². The van der Waals surface area contributed by atoms with E-state index in [1.54, 1.807) is 0 Å². The van der Waals surface area contributed by atoms with Crippen molar-refractivity contribution in [1.29, 1.82) is 0 Å². The Morgan fingerprint density at radius 1 is 0.875 bits per heavy atom. The smallest absolute Gasteiger partial charge is 0.196 e. The summed E-state index contributed by atoms with van der Waals surface area (Å²) in [6, 6.07) is 8.94. The molecule has 0 atom stereocenters. The molecule has 16 heavy (non-hydrogen) atoms. The van der Waals surface area contributed by atoms with Crippen molar-refractivity contribution < 1.29 is 0 Å². The third-order valence-corrected chi connectivity index (χ3v) is 2.71. The molecule has 6 N–H and O–H groups in total. The Morgan fingerprint density at radius 2 is 1.44 bits per heavy atom. The van der Waals surface area contributed by atoms with E-state index in [0.717, 1.165) is 10.6 Å². The number of hydrogen-bond acceptors (Lipinski definition) is 6. The summed E-state index contributed by atoms with van der Waals surface area (Å²) in [7, 11) is 0. The van der Waals surface area contributed by atoms with Crippen LogP contribution in [-0.2, 0) is 0 Å². The summed E-state index contributed by atoms with van der Waals surface area (Å²) < 4.78 is 0. The Hall–Kier alpha value is -1.95. The normalized spacial score (nSPS) is 10.2. The molecule has 5 nitrogen and oxygen atoms in total. The molecule has 0 saturated heterocycles. The van der Waals surface area contributed by atoms with Gasteiger partial charge in [-0.15, -0.1) is 0 Å². The molecule has 0 aliphatic heterocycles. The Labute approximate surface area is 97.1 Å². The Morgan fingerprint density at radius 3 is 2.00 bits per heavy atom. The molecule has 0 unspecified atom stereocenters. The van der Waals surface area contributed by atoms with Crippen LogP contribution in [0, 0.1) is 0 Å². The number of rotatable bonds is 2. The average molecular weight is 233 g/mol. The minimum absolute atomic E-state index is 0.366. The molecule has 6 heteroatoms. The minimum Gasteiger partial charge on any atom is -0.399 e. The topological polar surface area (TPSA) is 104 Å². The van der Waals surface area contributed by atoms with E-state index < -0.39 is 0 Å². The molecular formula is C10H11N5S. The molecule has 0 radical (unpaired) electrons. The molecule has 1 aromatic heterocycles. The largest absolute Gasteiger partial charge is 0.399 e. The fraction of sp³-hybridized carbons (Fsp3) is 0. The van der Waals surface area contributed by atoms with Gasteiger partial charge in [-0.25, -0.2) is 9.97 Å². The van der Waals surface area contributed by atoms with Crippen molar-refractivity contribution in [2.24, 2.45) is 0 Å². The lowest BCUT2D eigenvalue weighted by atomic mass is 10.3. The maximum atomic E-state index is 5.59. The Kier molecular flexibility index (Phi) is 2.82. The van der Waals surface area contributed by atoms with Crippen molar-refractivity contribution >= 4 is 29.1 Å². The lowest BCUT2D eigenvalue weighted by Crippen LogP contribution is -1.98. The van der Waals surface area contributed by atoms with Crippen LogP contribution < -0.4 is 17.2 Å². The molecule has 82 valence electrons. The van der Waals surface area contributed by atoms with Crippen LogP contribution in [0.2, 0.25) is 0 Å². The highest BCUT2D eigenvalue weighted by atomic mass is 32.2. The zero-order chi connectivity index (χ0) is 11.5. The second kappa shape index (κ2) is 4.28. The molecule has 1 heterocycles. The summed E-state index contributed by atoms with van der Waals surface area (Å²) in [5.41, 5.74) is 17.5. The van der Waals surface area contributed by atoms with E-state index in [1.807, 2.05) is 24.3 Å². The standard InChI is InChI=1S/C10H11N5S/c11-6-1-3-7(4-2-6)16-10-14-8(12)5-9(13)15-10/h1-5H,11H2,(H4,12,13,14,15). The fourth-order valence-corrected chi connectivity index (χ4v) is 1.93. The third kappa shape index (κ3) is 2.54. The number of nitrogen functional groups attached to an aromatic ring is 3. The maximum Gasteiger partial charge on any atom is 0.196 e. The van der Waals surface area contributed by atoms with Crippen LogP contribution in [0.15, 0.2) is 40.4 Å². The summed E-state index contributed by atoms with van der Waals surface area (Å²) in [6.07, 6.45) is 0. The molecule has 0 spiro atoms. The second-order valence-electron chi connectivity index (χ2n) is 3.17. The van der Waals surface area contributed by atoms with E-state index >= 15 is 0 Å². The fourth-order valence-electron chi connectivity index (χ4n) is 1.15. The first kappa shape index (κ1) is 10.6. The first-order valence-electron chi connectivity index (χ1n) is 4.57. The van der Waals surface area contributed by atoms with Crippen molar-refractivity contribution in [2.75, 3.05) is 17.2 Å². The highest BCUT2D eigenvalue weighted by Crippen LogP contribution is 2.26. The predicted molar refractivity (Wildman–Crippen MR) is 65.8 cm³/mol. The van der Waals surface area contributed by atoms with Gasteiger partial charge >= 0.3 is 0 Å². The minimum atomic E-state index is 0.366. The molecule has 2 rings (SSSR count). The molecule has 0 fully saturated rings. The van der Waals surface area contributed by atoms with Crippen molar-refractivity contribution in [3.63, 3.8) is 0 Å². The van der Waals surface area contributed by atoms with Crippen molar-refractivity contribution in [2.45, 2.75) is 10.1 Å². The van der Waals surface area contributed by atoms with E-state index in [-0.39, 0.29) is 0 Å². The van der Waals surface area contributed by atoms with Gasteiger partial charge in [0, 0.05) is 16.6 Å². The second-order valence-corrected chi connectivity index (χ2v) is 4.21. The number of nitrogens with zero attached hydrogens (tertiary/aromatic N) is 2. The summed E-state index contributed by atoms with van der Waals surface area (Å²) in [4.78, 5) is 9.13. The van der Waals surface area contributed by atoms with Gasteiger partial charge < -0.3 is 17.2 Å². The van der Waals surface area contributed by atoms with Crippen molar-refractivity contribution in [3.8, 4) is 0 Å². The lowest BCUT2D eigenvalue weighted by Gasteiger charge is -2.02. The number of benzene rings is 1. The summed E-state index contributed by atoms with van der Waals surface area (Å²) >= 11 is 1.39. The zero-order valence-corrected chi connectivity index (χ0v) is 9.24. The number of anilines is 3. The van der Waals surface area contributed by atoms with Crippen LogP contribution in [0.5, 0.6) is 0 Å². The van der Waals surface area contributed by atoms with Crippen LogP contribution in [0.4, 0.5) is 17.3 Å². The van der Waals surface area contributed by atoms with E-state index in [9.17, 15) is 0 Å². The van der Waals surface area contributed by atoms with Crippen LogP contribution in [0.3, 0.4) is 0 Å². The number of nitrogens with two attached hydrogens (primary N) is 3. The number of hydrogen-bond donors (Lipinski definition) is 3. The molecule has 1 aromatic carbocycles. The average Bonchev–Trinajstić information content (AvgIpc) is 2.20.